The monoisotopic (exact) mass is 383 g/mol. The van der Waals surface area contributed by atoms with E-state index in [0.29, 0.717) is 12.0 Å². The first-order valence-corrected chi connectivity index (χ1v) is 8.62. The summed E-state index contributed by atoms with van der Waals surface area (Å²) in [7, 11) is 0. The summed E-state index contributed by atoms with van der Waals surface area (Å²) in [6.07, 6.45) is 0.675. The number of hydrogen-bond donors (Lipinski definition) is 1. The van der Waals surface area contributed by atoms with Gasteiger partial charge in [0.05, 0.1) is 11.3 Å². The van der Waals surface area contributed by atoms with Gasteiger partial charge in [-0.2, -0.15) is 0 Å². The van der Waals surface area contributed by atoms with Crippen LogP contribution in [0.1, 0.15) is 28.5 Å². The van der Waals surface area contributed by atoms with Crippen molar-refractivity contribution in [2.24, 2.45) is 0 Å². The molecule has 4 heteroatoms. The van der Waals surface area contributed by atoms with Crippen LogP contribution in [0, 0.1) is 6.92 Å². The molecule has 3 aromatic rings. The Kier molecular flexibility index (Phi) is 4.58. The highest BCUT2D eigenvalue weighted by atomic mass is 79.9. The summed E-state index contributed by atoms with van der Waals surface area (Å²) >= 11 is 3.51. The summed E-state index contributed by atoms with van der Waals surface area (Å²) in [5.41, 5.74) is 4.81. The molecule has 0 saturated carbocycles. The molecule has 0 aliphatic rings. The number of carbonyl (C=O) groups is 1. The predicted molar refractivity (Wildman–Crippen MR) is 100.0 cm³/mol. The molecule has 1 N–H and O–H groups in total. The van der Waals surface area contributed by atoms with Crippen LogP contribution in [-0.4, -0.2) is 15.6 Å². The van der Waals surface area contributed by atoms with Crippen LogP contribution in [-0.2, 0) is 6.42 Å². The van der Waals surface area contributed by atoms with E-state index < -0.39 is 5.97 Å². The number of nitrogens with zero attached hydrogens (tertiary/aromatic N) is 1. The highest BCUT2D eigenvalue weighted by molar-refractivity contribution is 9.10. The molecule has 0 aliphatic heterocycles. The lowest BCUT2D eigenvalue weighted by Crippen LogP contribution is -2.03. The Labute approximate surface area is 149 Å². The fraction of sp³-hybridized carbons (Fsp3) is 0.150. The van der Waals surface area contributed by atoms with E-state index in [9.17, 15) is 9.90 Å². The zero-order valence-electron chi connectivity index (χ0n) is 13.6. The standard InChI is InChI=1S/C20H18BrNO2/c1-3-17-13(2)22(16-11-7-10-15(21)12-16)19(18(17)20(23)24)14-8-5-4-6-9-14/h4-12H,3H2,1-2H3,(H,23,24). The van der Waals surface area contributed by atoms with E-state index in [1.165, 1.54) is 0 Å². The summed E-state index contributed by atoms with van der Waals surface area (Å²) in [4.78, 5) is 12.0. The largest absolute Gasteiger partial charge is 0.478 e. The number of carboxylic acid groups (broad SMARTS) is 1. The molecule has 1 heterocycles. The number of rotatable bonds is 4. The Hall–Kier alpha value is -2.33. The quantitative estimate of drug-likeness (QED) is 0.648. The lowest BCUT2D eigenvalue weighted by Gasteiger charge is -2.13. The molecule has 3 nitrogen and oxygen atoms in total. The first-order chi connectivity index (χ1) is 11.5. The minimum absolute atomic E-state index is 0.390. The van der Waals surface area contributed by atoms with Crippen molar-refractivity contribution in [1.82, 2.24) is 4.57 Å². The number of carboxylic acids is 1. The Balaban J connectivity index is 2.42. The van der Waals surface area contributed by atoms with Gasteiger partial charge in [-0.1, -0.05) is 59.3 Å². The maximum atomic E-state index is 12.0. The molecule has 24 heavy (non-hydrogen) atoms. The summed E-state index contributed by atoms with van der Waals surface area (Å²) in [6.45, 7) is 3.98. The fourth-order valence-corrected chi connectivity index (χ4v) is 3.60. The highest BCUT2D eigenvalue weighted by Crippen LogP contribution is 2.35. The molecule has 0 aliphatic carbocycles. The molecular formula is C20H18BrNO2. The van der Waals surface area contributed by atoms with Crippen molar-refractivity contribution in [1.29, 1.82) is 0 Å². The summed E-state index contributed by atoms with van der Waals surface area (Å²) in [6, 6.07) is 17.6. The van der Waals surface area contributed by atoms with Crippen LogP contribution in [0.3, 0.4) is 0 Å². The first-order valence-electron chi connectivity index (χ1n) is 7.83. The van der Waals surface area contributed by atoms with Crippen molar-refractivity contribution >= 4 is 21.9 Å². The van der Waals surface area contributed by atoms with E-state index >= 15 is 0 Å². The molecule has 2 aromatic carbocycles. The van der Waals surface area contributed by atoms with E-state index in [4.69, 9.17) is 0 Å². The van der Waals surface area contributed by atoms with Crippen LogP contribution in [0.5, 0.6) is 0 Å². The van der Waals surface area contributed by atoms with Crippen LogP contribution >= 0.6 is 15.9 Å². The number of halogens is 1. The van der Waals surface area contributed by atoms with Crippen molar-refractivity contribution in [3.63, 3.8) is 0 Å². The minimum Gasteiger partial charge on any atom is -0.478 e. The topological polar surface area (TPSA) is 42.2 Å². The normalized spacial score (nSPS) is 10.8. The van der Waals surface area contributed by atoms with Gasteiger partial charge in [-0.3, -0.25) is 0 Å². The number of aromatic carboxylic acids is 1. The third kappa shape index (κ3) is 2.78. The highest BCUT2D eigenvalue weighted by Gasteiger charge is 2.25. The fourth-order valence-electron chi connectivity index (χ4n) is 3.21. The lowest BCUT2D eigenvalue weighted by atomic mass is 10.0. The third-order valence-corrected chi connectivity index (χ3v) is 4.71. The summed E-state index contributed by atoms with van der Waals surface area (Å²) < 4.78 is 3.00. The average Bonchev–Trinajstić information content (AvgIpc) is 2.88. The van der Waals surface area contributed by atoms with Gasteiger partial charge in [-0.05, 0) is 42.7 Å². The molecule has 1 aromatic heterocycles. The van der Waals surface area contributed by atoms with Gasteiger partial charge in [0.2, 0.25) is 0 Å². The molecule has 0 saturated heterocycles. The molecule has 3 rings (SSSR count). The Morgan fingerprint density at radius 1 is 1.12 bits per heavy atom. The van der Waals surface area contributed by atoms with Gasteiger partial charge in [0, 0.05) is 15.9 Å². The van der Waals surface area contributed by atoms with Crippen molar-refractivity contribution in [2.45, 2.75) is 20.3 Å². The maximum absolute atomic E-state index is 12.0. The van der Waals surface area contributed by atoms with E-state index in [1.807, 2.05) is 73.0 Å². The second kappa shape index (κ2) is 6.65. The molecule has 0 unspecified atom stereocenters. The van der Waals surface area contributed by atoms with E-state index in [1.54, 1.807) is 0 Å². The smallest absolute Gasteiger partial charge is 0.338 e. The van der Waals surface area contributed by atoms with Gasteiger partial charge in [-0.25, -0.2) is 4.79 Å². The molecule has 0 fully saturated rings. The first kappa shape index (κ1) is 16.5. The molecule has 0 radical (unpaired) electrons. The lowest BCUT2D eigenvalue weighted by molar-refractivity contribution is 0.0696. The molecular weight excluding hydrogens is 366 g/mol. The maximum Gasteiger partial charge on any atom is 0.338 e. The molecule has 0 atom stereocenters. The number of benzene rings is 2. The van der Waals surface area contributed by atoms with Crippen LogP contribution in [0.15, 0.2) is 59.1 Å². The number of hydrogen-bond acceptors (Lipinski definition) is 1. The van der Waals surface area contributed by atoms with Crippen LogP contribution < -0.4 is 0 Å². The zero-order chi connectivity index (χ0) is 17.3. The van der Waals surface area contributed by atoms with Crippen molar-refractivity contribution in [3.8, 4) is 16.9 Å². The van der Waals surface area contributed by atoms with E-state index in [2.05, 4.69) is 15.9 Å². The second-order valence-electron chi connectivity index (χ2n) is 5.63. The van der Waals surface area contributed by atoms with Crippen LogP contribution in [0.2, 0.25) is 0 Å². The SMILES string of the molecule is CCc1c(C(=O)O)c(-c2ccccc2)n(-c2cccc(Br)c2)c1C. The Morgan fingerprint density at radius 3 is 2.42 bits per heavy atom. The molecule has 0 amide bonds. The Bertz CT molecular complexity index is 898. The van der Waals surface area contributed by atoms with E-state index in [0.717, 1.165) is 32.7 Å². The molecule has 0 bridgehead atoms. The predicted octanol–water partition coefficient (Wildman–Crippen LogP) is 5.48. The van der Waals surface area contributed by atoms with Crippen molar-refractivity contribution in [3.05, 3.63) is 75.9 Å². The van der Waals surface area contributed by atoms with Crippen LogP contribution in [0.4, 0.5) is 0 Å². The average molecular weight is 384 g/mol. The summed E-state index contributed by atoms with van der Waals surface area (Å²) in [5, 5.41) is 9.86. The molecule has 122 valence electrons. The molecule has 0 spiro atoms. The van der Waals surface area contributed by atoms with Gasteiger partial charge >= 0.3 is 5.97 Å². The van der Waals surface area contributed by atoms with Gasteiger partial charge in [0.25, 0.3) is 0 Å². The van der Waals surface area contributed by atoms with Gasteiger partial charge in [0.15, 0.2) is 0 Å². The van der Waals surface area contributed by atoms with Crippen LogP contribution in [0.25, 0.3) is 16.9 Å². The van der Waals surface area contributed by atoms with E-state index in [-0.39, 0.29) is 0 Å². The summed E-state index contributed by atoms with van der Waals surface area (Å²) in [5.74, 6) is -0.887. The van der Waals surface area contributed by atoms with Gasteiger partial charge < -0.3 is 9.67 Å². The van der Waals surface area contributed by atoms with Crippen molar-refractivity contribution < 1.29 is 9.90 Å². The number of aromatic nitrogens is 1. The van der Waals surface area contributed by atoms with Crippen molar-refractivity contribution in [2.75, 3.05) is 0 Å². The third-order valence-electron chi connectivity index (χ3n) is 4.22. The Morgan fingerprint density at radius 2 is 1.83 bits per heavy atom. The minimum atomic E-state index is -0.887. The van der Waals surface area contributed by atoms with Gasteiger partial charge in [0.1, 0.15) is 0 Å². The second-order valence-corrected chi connectivity index (χ2v) is 6.54. The van der Waals surface area contributed by atoms with Gasteiger partial charge in [-0.15, -0.1) is 0 Å². The zero-order valence-corrected chi connectivity index (χ0v) is 15.2.